The highest BCUT2D eigenvalue weighted by Gasteiger charge is 2.24. The molecule has 104 valence electrons. The standard InChI is InChI=1S/C14H19FN2O2/c1-9(18)14-11(15)4-3-5-12(14)17(2)8-13(19)16-10-6-7-10/h3-5,9-10,18H,6-8H2,1-2H3,(H,16,19). The second-order valence-corrected chi connectivity index (χ2v) is 5.05. The summed E-state index contributed by atoms with van der Waals surface area (Å²) in [5, 5.41) is 12.5. The molecule has 19 heavy (non-hydrogen) atoms. The number of aliphatic hydroxyl groups is 1. The number of carbonyl (C=O) groups excluding carboxylic acids is 1. The molecule has 1 aliphatic rings. The molecule has 0 spiro atoms. The Kier molecular flexibility index (Phi) is 4.04. The number of carbonyl (C=O) groups is 1. The molecule has 0 saturated heterocycles. The Morgan fingerprint density at radius 1 is 1.58 bits per heavy atom. The SMILES string of the molecule is CC(O)c1c(F)cccc1N(C)CC(=O)NC1CC1. The largest absolute Gasteiger partial charge is 0.389 e. The molecule has 1 fully saturated rings. The molecule has 2 N–H and O–H groups in total. The highest BCUT2D eigenvalue weighted by Crippen LogP contribution is 2.28. The highest BCUT2D eigenvalue weighted by molar-refractivity contribution is 5.82. The molecule has 1 unspecified atom stereocenters. The Balaban J connectivity index is 2.11. The summed E-state index contributed by atoms with van der Waals surface area (Å²) in [6.45, 7) is 1.67. The van der Waals surface area contributed by atoms with Gasteiger partial charge in [0.05, 0.1) is 12.6 Å². The first kappa shape index (κ1) is 13.8. The lowest BCUT2D eigenvalue weighted by Gasteiger charge is -2.23. The van der Waals surface area contributed by atoms with Gasteiger partial charge in [0.25, 0.3) is 0 Å². The van der Waals surface area contributed by atoms with E-state index >= 15 is 0 Å². The Morgan fingerprint density at radius 2 is 2.26 bits per heavy atom. The lowest BCUT2D eigenvalue weighted by Crippen LogP contribution is -2.36. The topological polar surface area (TPSA) is 52.6 Å². The van der Waals surface area contributed by atoms with Gasteiger partial charge in [-0.3, -0.25) is 4.79 Å². The molecule has 1 saturated carbocycles. The summed E-state index contributed by atoms with van der Waals surface area (Å²) in [6, 6.07) is 4.90. The molecule has 0 aromatic heterocycles. The molecule has 4 nitrogen and oxygen atoms in total. The predicted molar refractivity (Wildman–Crippen MR) is 71.5 cm³/mol. The Morgan fingerprint density at radius 3 is 2.84 bits per heavy atom. The van der Waals surface area contributed by atoms with E-state index in [1.807, 2.05) is 0 Å². The van der Waals surface area contributed by atoms with E-state index in [1.165, 1.54) is 13.0 Å². The van der Waals surface area contributed by atoms with Crippen LogP contribution in [0.25, 0.3) is 0 Å². The van der Waals surface area contributed by atoms with Gasteiger partial charge in [0.1, 0.15) is 5.82 Å². The van der Waals surface area contributed by atoms with Crippen molar-refractivity contribution in [1.82, 2.24) is 5.32 Å². The van der Waals surface area contributed by atoms with Crippen LogP contribution < -0.4 is 10.2 Å². The number of halogens is 1. The number of anilines is 1. The van der Waals surface area contributed by atoms with Gasteiger partial charge in [-0.2, -0.15) is 0 Å². The van der Waals surface area contributed by atoms with Gasteiger partial charge >= 0.3 is 0 Å². The number of nitrogens with one attached hydrogen (secondary N) is 1. The van der Waals surface area contributed by atoms with Crippen LogP contribution in [-0.4, -0.2) is 30.6 Å². The van der Waals surface area contributed by atoms with Gasteiger partial charge in [-0.1, -0.05) is 6.07 Å². The van der Waals surface area contributed by atoms with Crippen LogP contribution >= 0.6 is 0 Å². The minimum Gasteiger partial charge on any atom is -0.389 e. The fraction of sp³-hybridized carbons (Fsp3) is 0.500. The van der Waals surface area contributed by atoms with Crippen LogP contribution in [0.1, 0.15) is 31.4 Å². The maximum Gasteiger partial charge on any atom is 0.239 e. The molecule has 1 aromatic carbocycles. The number of aliphatic hydroxyl groups excluding tert-OH is 1. The molecule has 0 radical (unpaired) electrons. The summed E-state index contributed by atoms with van der Waals surface area (Å²) in [6.07, 6.45) is 1.16. The average Bonchev–Trinajstić information content (AvgIpc) is 3.11. The molecule has 1 aliphatic carbocycles. The molecular formula is C14H19FN2O2. The smallest absolute Gasteiger partial charge is 0.239 e. The molecule has 0 bridgehead atoms. The van der Waals surface area contributed by atoms with Crippen molar-refractivity contribution in [3.05, 3.63) is 29.6 Å². The zero-order valence-corrected chi connectivity index (χ0v) is 11.2. The van der Waals surface area contributed by atoms with Gasteiger partial charge < -0.3 is 15.3 Å². The summed E-state index contributed by atoms with van der Waals surface area (Å²) >= 11 is 0. The lowest BCUT2D eigenvalue weighted by atomic mass is 10.1. The fourth-order valence-electron chi connectivity index (χ4n) is 2.07. The Hall–Kier alpha value is -1.62. The van der Waals surface area contributed by atoms with E-state index in [2.05, 4.69) is 5.32 Å². The quantitative estimate of drug-likeness (QED) is 0.851. The lowest BCUT2D eigenvalue weighted by molar-refractivity contribution is -0.119. The maximum absolute atomic E-state index is 13.7. The summed E-state index contributed by atoms with van der Waals surface area (Å²) in [4.78, 5) is 13.4. The van der Waals surface area contributed by atoms with Crippen molar-refractivity contribution in [2.24, 2.45) is 0 Å². The monoisotopic (exact) mass is 266 g/mol. The maximum atomic E-state index is 13.7. The van der Waals surface area contributed by atoms with Crippen LogP contribution in [0.15, 0.2) is 18.2 Å². The van der Waals surface area contributed by atoms with Crippen molar-refractivity contribution in [3.8, 4) is 0 Å². The van der Waals surface area contributed by atoms with Crippen molar-refractivity contribution < 1.29 is 14.3 Å². The minimum absolute atomic E-state index is 0.0780. The van der Waals surface area contributed by atoms with E-state index < -0.39 is 11.9 Å². The number of likely N-dealkylation sites (N-methyl/N-ethyl adjacent to an activating group) is 1. The molecule has 1 atom stereocenters. The van der Waals surface area contributed by atoms with Crippen molar-refractivity contribution in [2.45, 2.75) is 31.9 Å². The van der Waals surface area contributed by atoms with E-state index in [-0.39, 0.29) is 18.0 Å². The molecule has 0 aliphatic heterocycles. The minimum atomic E-state index is -0.912. The number of benzene rings is 1. The highest BCUT2D eigenvalue weighted by atomic mass is 19.1. The summed E-state index contributed by atoms with van der Waals surface area (Å²) in [5.41, 5.74) is 0.769. The Labute approximate surface area is 112 Å². The Bertz CT molecular complexity index is 473. The molecule has 1 aromatic rings. The second-order valence-electron chi connectivity index (χ2n) is 5.05. The molecule has 0 heterocycles. The van der Waals surface area contributed by atoms with Gasteiger partial charge in [0, 0.05) is 24.3 Å². The van der Waals surface area contributed by atoms with Crippen LogP contribution in [-0.2, 0) is 4.79 Å². The number of amides is 1. The van der Waals surface area contributed by atoms with Crippen molar-refractivity contribution >= 4 is 11.6 Å². The van der Waals surface area contributed by atoms with Gasteiger partial charge in [0.15, 0.2) is 0 Å². The number of nitrogens with zero attached hydrogens (tertiary/aromatic N) is 1. The first-order valence-electron chi connectivity index (χ1n) is 6.46. The van der Waals surface area contributed by atoms with Crippen LogP contribution in [0.2, 0.25) is 0 Å². The van der Waals surface area contributed by atoms with Crippen molar-refractivity contribution in [1.29, 1.82) is 0 Å². The summed E-state index contributed by atoms with van der Waals surface area (Å²) in [7, 11) is 1.72. The molecule has 1 amide bonds. The first-order chi connectivity index (χ1) is 8.99. The third-order valence-electron chi connectivity index (χ3n) is 3.18. The van der Waals surface area contributed by atoms with Gasteiger partial charge in [-0.25, -0.2) is 4.39 Å². The third kappa shape index (κ3) is 3.44. The van der Waals surface area contributed by atoms with Gasteiger partial charge in [-0.15, -0.1) is 0 Å². The van der Waals surface area contributed by atoms with Crippen molar-refractivity contribution in [3.63, 3.8) is 0 Å². The van der Waals surface area contributed by atoms with E-state index in [0.717, 1.165) is 12.8 Å². The number of hydrogen-bond acceptors (Lipinski definition) is 3. The number of rotatable bonds is 5. The van der Waals surface area contributed by atoms with E-state index in [1.54, 1.807) is 24.1 Å². The van der Waals surface area contributed by atoms with Crippen molar-refractivity contribution in [2.75, 3.05) is 18.5 Å². The summed E-state index contributed by atoms with van der Waals surface area (Å²) in [5.74, 6) is -0.534. The zero-order valence-electron chi connectivity index (χ0n) is 11.2. The fourth-order valence-corrected chi connectivity index (χ4v) is 2.07. The number of hydrogen-bond donors (Lipinski definition) is 2. The normalized spacial score (nSPS) is 16.0. The third-order valence-corrected chi connectivity index (χ3v) is 3.18. The molecule has 2 rings (SSSR count). The van der Waals surface area contributed by atoms with Crippen LogP contribution in [0.5, 0.6) is 0 Å². The summed E-state index contributed by atoms with van der Waals surface area (Å²) < 4.78 is 13.7. The van der Waals surface area contributed by atoms with Crippen LogP contribution in [0.4, 0.5) is 10.1 Å². The van der Waals surface area contributed by atoms with Crippen LogP contribution in [0.3, 0.4) is 0 Å². The zero-order chi connectivity index (χ0) is 14.0. The van der Waals surface area contributed by atoms with E-state index in [4.69, 9.17) is 0 Å². The van der Waals surface area contributed by atoms with E-state index in [0.29, 0.717) is 11.7 Å². The van der Waals surface area contributed by atoms with Gasteiger partial charge in [0.2, 0.25) is 5.91 Å². The van der Waals surface area contributed by atoms with E-state index in [9.17, 15) is 14.3 Å². The van der Waals surface area contributed by atoms with Crippen LogP contribution in [0, 0.1) is 5.82 Å². The first-order valence-corrected chi connectivity index (χ1v) is 6.46. The predicted octanol–water partition coefficient (Wildman–Crippen LogP) is 1.59. The molecular weight excluding hydrogens is 247 g/mol. The second kappa shape index (κ2) is 5.57. The average molecular weight is 266 g/mol. The molecule has 5 heteroatoms. The van der Waals surface area contributed by atoms with Gasteiger partial charge in [-0.05, 0) is 31.9 Å².